The molecule has 0 atom stereocenters. The number of nitrogens with zero attached hydrogens (tertiary/aromatic N) is 2. The third-order valence-corrected chi connectivity index (χ3v) is 1.44. The van der Waals surface area contributed by atoms with E-state index in [0.29, 0.717) is 5.02 Å². The van der Waals surface area contributed by atoms with Crippen LogP contribution in [0, 0.1) is 0 Å². The molecule has 0 unspecified atom stereocenters. The lowest BCUT2D eigenvalue weighted by atomic mass is 10.4. The van der Waals surface area contributed by atoms with Crippen LogP contribution in [0.4, 0.5) is 0 Å². The number of halogens is 1. The first-order valence-corrected chi connectivity index (χ1v) is 3.79. The second-order valence-corrected chi connectivity index (χ2v) is 2.76. The van der Waals surface area contributed by atoms with Crippen LogP contribution in [0.1, 0.15) is 0 Å². The maximum Gasteiger partial charge on any atom is 0.179 e. The summed E-state index contributed by atoms with van der Waals surface area (Å²) in [6.07, 6.45) is 3.08. The summed E-state index contributed by atoms with van der Waals surface area (Å²) in [5.41, 5.74) is 0. The minimum atomic E-state index is -0.0303. The monoisotopic (exact) mass is 188 g/mol. The lowest BCUT2D eigenvalue weighted by Gasteiger charge is -1.98. The molecule has 0 radical (unpaired) electrons. The first-order chi connectivity index (χ1) is 5.72. The van der Waals surface area contributed by atoms with Crippen molar-refractivity contribution in [1.29, 1.82) is 0 Å². The molecule has 1 aromatic heterocycles. The molecular formula is C7H9ClN2O2. The SMILES string of the molecule is COCC(=O)Cn1cc(Cl)cn1. The highest BCUT2D eigenvalue weighted by molar-refractivity contribution is 6.30. The molecule has 0 fully saturated rings. The van der Waals surface area contributed by atoms with Gasteiger partial charge in [0.1, 0.15) is 13.2 Å². The van der Waals surface area contributed by atoms with Gasteiger partial charge in [0.15, 0.2) is 5.78 Å². The van der Waals surface area contributed by atoms with Crippen molar-refractivity contribution < 1.29 is 9.53 Å². The number of carbonyl (C=O) groups excluding carboxylic acids is 1. The van der Waals surface area contributed by atoms with E-state index in [9.17, 15) is 4.79 Å². The molecule has 0 saturated carbocycles. The molecule has 1 aromatic rings. The number of Topliss-reactive ketones (excluding diaryl/α,β-unsaturated/α-hetero) is 1. The zero-order valence-electron chi connectivity index (χ0n) is 6.66. The highest BCUT2D eigenvalue weighted by Gasteiger charge is 2.02. The van der Waals surface area contributed by atoms with Crippen molar-refractivity contribution in [3.8, 4) is 0 Å². The van der Waals surface area contributed by atoms with E-state index in [1.54, 1.807) is 6.20 Å². The van der Waals surface area contributed by atoms with Crippen LogP contribution < -0.4 is 0 Å². The van der Waals surface area contributed by atoms with Crippen LogP contribution in [0.25, 0.3) is 0 Å². The molecule has 4 nitrogen and oxygen atoms in total. The first kappa shape index (κ1) is 9.22. The topological polar surface area (TPSA) is 44.1 Å². The fraction of sp³-hybridized carbons (Fsp3) is 0.429. The minimum Gasteiger partial charge on any atom is -0.377 e. The number of ether oxygens (including phenoxy) is 1. The van der Waals surface area contributed by atoms with E-state index in [1.165, 1.54) is 18.0 Å². The van der Waals surface area contributed by atoms with E-state index in [2.05, 4.69) is 9.84 Å². The molecule has 12 heavy (non-hydrogen) atoms. The Morgan fingerprint density at radius 3 is 3.08 bits per heavy atom. The third-order valence-electron chi connectivity index (χ3n) is 1.25. The maximum absolute atomic E-state index is 11.0. The van der Waals surface area contributed by atoms with Gasteiger partial charge in [0.05, 0.1) is 11.2 Å². The van der Waals surface area contributed by atoms with E-state index in [4.69, 9.17) is 11.6 Å². The third kappa shape index (κ3) is 2.64. The molecule has 1 rings (SSSR count). The Labute approximate surface area is 75.1 Å². The van der Waals surface area contributed by atoms with Gasteiger partial charge in [-0.15, -0.1) is 0 Å². The summed E-state index contributed by atoms with van der Waals surface area (Å²) in [5.74, 6) is -0.0303. The van der Waals surface area contributed by atoms with Crippen molar-refractivity contribution in [2.24, 2.45) is 0 Å². The molecule has 0 spiro atoms. The minimum absolute atomic E-state index is 0.0303. The molecule has 5 heteroatoms. The van der Waals surface area contributed by atoms with E-state index >= 15 is 0 Å². The predicted molar refractivity (Wildman–Crippen MR) is 44.1 cm³/mol. The summed E-state index contributed by atoms with van der Waals surface area (Å²) in [6.45, 7) is 0.317. The second kappa shape index (κ2) is 4.23. The summed E-state index contributed by atoms with van der Waals surface area (Å²) in [6, 6.07) is 0. The highest BCUT2D eigenvalue weighted by Crippen LogP contribution is 2.04. The first-order valence-electron chi connectivity index (χ1n) is 3.41. The normalized spacial score (nSPS) is 10.2. The van der Waals surface area contributed by atoms with Crippen molar-refractivity contribution in [3.05, 3.63) is 17.4 Å². The van der Waals surface area contributed by atoms with E-state index in [-0.39, 0.29) is 18.9 Å². The van der Waals surface area contributed by atoms with Gasteiger partial charge in [-0.3, -0.25) is 9.48 Å². The van der Waals surface area contributed by atoms with Crippen LogP contribution in [0.15, 0.2) is 12.4 Å². The van der Waals surface area contributed by atoms with Crippen LogP contribution in [0.2, 0.25) is 5.02 Å². The highest BCUT2D eigenvalue weighted by atomic mass is 35.5. The molecule has 0 amide bonds. The summed E-state index contributed by atoms with van der Waals surface area (Å²) < 4.78 is 6.13. The molecule has 66 valence electrons. The summed E-state index contributed by atoms with van der Waals surface area (Å²) in [5, 5.41) is 4.37. The smallest absolute Gasteiger partial charge is 0.179 e. The van der Waals surface area contributed by atoms with Crippen LogP contribution in [0.5, 0.6) is 0 Å². The Hall–Kier alpha value is -0.870. The zero-order chi connectivity index (χ0) is 8.97. The van der Waals surface area contributed by atoms with E-state index in [1.807, 2.05) is 0 Å². The van der Waals surface area contributed by atoms with Crippen LogP contribution >= 0.6 is 11.6 Å². The number of methoxy groups -OCH3 is 1. The van der Waals surface area contributed by atoms with Gasteiger partial charge < -0.3 is 4.74 Å². The maximum atomic E-state index is 11.0. The molecule has 0 aromatic carbocycles. The van der Waals surface area contributed by atoms with Gasteiger partial charge in [-0.1, -0.05) is 11.6 Å². The van der Waals surface area contributed by atoms with Crippen LogP contribution in [0.3, 0.4) is 0 Å². The Kier molecular flexibility index (Phi) is 3.25. The van der Waals surface area contributed by atoms with Crippen molar-refractivity contribution in [1.82, 2.24) is 9.78 Å². The van der Waals surface area contributed by atoms with E-state index in [0.717, 1.165) is 0 Å². The van der Waals surface area contributed by atoms with Gasteiger partial charge in [-0.2, -0.15) is 5.10 Å². The lowest BCUT2D eigenvalue weighted by Crippen LogP contribution is -2.15. The standard InChI is InChI=1S/C7H9ClN2O2/c1-12-5-7(11)4-10-3-6(8)2-9-10/h2-3H,4-5H2,1H3. The summed E-state index contributed by atoms with van der Waals surface area (Å²) in [7, 11) is 1.48. The van der Waals surface area contributed by atoms with Crippen molar-refractivity contribution >= 4 is 17.4 Å². The second-order valence-electron chi connectivity index (χ2n) is 2.33. The molecule has 0 saturated heterocycles. The van der Waals surface area contributed by atoms with E-state index < -0.39 is 0 Å². The van der Waals surface area contributed by atoms with Gasteiger partial charge in [-0.05, 0) is 0 Å². The molecule has 0 N–H and O–H groups in total. The average Bonchev–Trinajstić information content (AvgIpc) is 2.36. The number of hydrogen-bond acceptors (Lipinski definition) is 3. The molecule has 0 aliphatic carbocycles. The number of rotatable bonds is 4. The molecule has 0 aliphatic heterocycles. The fourth-order valence-electron chi connectivity index (χ4n) is 0.812. The Morgan fingerprint density at radius 1 is 1.83 bits per heavy atom. The molecule has 0 bridgehead atoms. The molecule has 1 heterocycles. The largest absolute Gasteiger partial charge is 0.377 e. The van der Waals surface area contributed by atoms with Gasteiger partial charge in [0, 0.05) is 13.3 Å². The van der Waals surface area contributed by atoms with Crippen molar-refractivity contribution in [2.75, 3.05) is 13.7 Å². The summed E-state index contributed by atoms with van der Waals surface area (Å²) in [4.78, 5) is 11.0. The van der Waals surface area contributed by atoms with Gasteiger partial charge >= 0.3 is 0 Å². The van der Waals surface area contributed by atoms with Crippen molar-refractivity contribution in [3.63, 3.8) is 0 Å². The van der Waals surface area contributed by atoms with Crippen LogP contribution in [-0.4, -0.2) is 29.3 Å². The van der Waals surface area contributed by atoms with Crippen molar-refractivity contribution in [2.45, 2.75) is 6.54 Å². The van der Waals surface area contributed by atoms with Gasteiger partial charge in [-0.25, -0.2) is 0 Å². The zero-order valence-corrected chi connectivity index (χ0v) is 7.41. The number of hydrogen-bond donors (Lipinski definition) is 0. The Balaban J connectivity index is 2.46. The molecular weight excluding hydrogens is 180 g/mol. The Morgan fingerprint density at radius 2 is 2.58 bits per heavy atom. The quantitative estimate of drug-likeness (QED) is 0.701. The predicted octanol–water partition coefficient (Wildman–Crippen LogP) is 0.752. The molecule has 0 aliphatic rings. The van der Waals surface area contributed by atoms with Crippen LogP contribution in [-0.2, 0) is 16.1 Å². The average molecular weight is 189 g/mol. The van der Waals surface area contributed by atoms with Gasteiger partial charge in [0.2, 0.25) is 0 Å². The number of carbonyl (C=O) groups is 1. The summed E-state index contributed by atoms with van der Waals surface area (Å²) >= 11 is 5.60. The number of aromatic nitrogens is 2. The Bertz CT molecular complexity index is 272. The lowest BCUT2D eigenvalue weighted by molar-refractivity contribution is -0.123. The van der Waals surface area contributed by atoms with Gasteiger partial charge in [0.25, 0.3) is 0 Å². The number of ketones is 1. The fourth-order valence-corrected chi connectivity index (χ4v) is 0.968.